The Balaban J connectivity index is 2.88. The van der Waals surface area contributed by atoms with E-state index in [9.17, 15) is 9.59 Å². The standard InChI is InChI=1S/C19H27N3O4/c1-19(2,3)26-18(24)22-16(17(23)25-5)10-13-6-8-14(9-7-13)15(11-20)12-21-4/h6-9,11-12,16H,10,20H2,1-5H3,(H,22,24)/t16-/m0/s1. The van der Waals surface area contributed by atoms with Crippen molar-refractivity contribution >= 4 is 23.9 Å². The van der Waals surface area contributed by atoms with Crippen LogP contribution in [-0.4, -0.2) is 44.1 Å². The number of aliphatic imine (C=N–C) groups is 1. The average molecular weight is 361 g/mol. The molecule has 0 bridgehead atoms. The predicted molar refractivity (Wildman–Crippen MR) is 102 cm³/mol. The number of allylic oxidation sites excluding steroid dienone is 1. The number of rotatable bonds is 6. The maximum absolute atomic E-state index is 12.0. The van der Waals surface area contributed by atoms with Crippen molar-refractivity contribution < 1.29 is 19.1 Å². The Kier molecular flexibility index (Phi) is 7.83. The van der Waals surface area contributed by atoms with E-state index in [1.807, 2.05) is 24.3 Å². The molecule has 0 aliphatic rings. The smallest absolute Gasteiger partial charge is 0.408 e. The van der Waals surface area contributed by atoms with Crippen LogP contribution in [0, 0.1) is 0 Å². The van der Waals surface area contributed by atoms with E-state index in [0.717, 1.165) is 16.7 Å². The van der Waals surface area contributed by atoms with E-state index in [1.165, 1.54) is 13.3 Å². The largest absolute Gasteiger partial charge is 0.467 e. The first-order valence-corrected chi connectivity index (χ1v) is 8.21. The van der Waals surface area contributed by atoms with Crippen molar-refractivity contribution in [1.29, 1.82) is 0 Å². The normalized spacial score (nSPS) is 13.3. The summed E-state index contributed by atoms with van der Waals surface area (Å²) in [6.07, 6.45) is 2.74. The van der Waals surface area contributed by atoms with Crippen LogP contribution in [0.25, 0.3) is 5.57 Å². The van der Waals surface area contributed by atoms with Crippen LogP contribution in [0.1, 0.15) is 31.9 Å². The van der Waals surface area contributed by atoms with Gasteiger partial charge in [-0.05, 0) is 31.9 Å². The Morgan fingerprint density at radius 1 is 1.27 bits per heavy atom. The Labute approximate surface area is 154 Å². The van der Waals surface area contributed by atoms with Crippen LogP contribution >= 0.6 is 0 Å². The number of nitrogens with one attached hydrogen (secondary N) is 1. The summed E-state index contributed by atoms with van der Waals surface area (Å²) in [6, 6.07) is 6.61. The third-order valence-electron chi connectivity index (χ3n) is 3.35. The lowest BCUT2D eigenvalue weighted by Crippen LogP contribution is -2.45. The molecule has 1 aromatic carbocycles. The fourth-order valence-electron chi connectivity index (χ4n) is 2.21. The molecular formula is C19H27N3O4. The molecule has 26 heavy (non-hydrogen) atoms. The fourth-order valence-corrected chi connectivity index (χ4v) is 2.21. The van der Waals surface area contributed by atoms with Crippen molar-refractivity contribution in [3.8, 4) is 0 Å². The number of amides is 1. The maximum atomic E-state index is 12.0. The van der Waals surface area contributed by atoms with E-state index in [1.54, 1.807) is 34.0 Å². The monoisotopic (exact) mass is 361 g/mol. The molecule has 1 aromatic rings. The second kappa shape index (κ2) is 9.60. The topological polar surface area (TPSA) is 103 Å². The minimum Gasteiger partial charge on any atom is -0.467 e. The molecule has 0 aliphatic heterocycles. The van der Waals surface area contributed by atoms with Gasteiger partial charge in [0.2, 0.25) is 0 Å². The quantitative estimate of drug-likeness (QED) is 0.598. The Hall–Kier alpha value is -2.83. The first-order chi connectivity index (χ1) is 12.2. The zero-order chi connectivity index (χ0) is 19.7. The van der Waals surface area contributed by atoms with Gasteiger partial charge in [-0.15, -0.1) is 0 Å². The number of nitrogens with zero attached hydrogens (tertiary/aromatic N) is 1. The third kappa shape index (κ3) is 6.96. The van der Waals surface area contributed by atoms with E-state index < -0.39 is 23.7 Å². The van der Waals surface area contributed by atoms with Crippen molar-refractivity contribution in [1.82, 2.24) is 5.32 Å². The summed E-state index contributed by atoms with van der Waals surface area (Å²) in [5, 5.41) is 2.55. The van der Waals surface area contributed by atoms with E-state index in [4.69, 9.17) is 15.2 Å². The summed E-state index contributed by atoms with van der Waals surface area (Å²) in [5.74, 6) is -0.541. The number of carbonyl (C=O) groups excluding carboxylic acids is 2. The molecular weight excluding hydrogens is 334 g/mol. The number of carbonyl (C=O) groups is 2. The highest BCUT2D eigenvalue weighted by Gasteiger charge is 2.25. The van der Waals surface area contributed by atoms with E-state index in [0.29, 0.717) is 0 Å². The molecule has 0 saturated carbocycles. The van der Waals surface area contributed by atoms with Crippen LogP contribution in [-0.2, 0) is 20.7 Å². The van der Waals surface area contributed by atoms with Crippen molar-refractivity contribution in [2.24, 2.45) is 10.7 Å². The molecule has 0 fully saturated rings. The number of ether oxygens (including phenoxy) is 2. The van der Waals surface area contributed by atoms with Gasteiger partial charge in [-0.25, -0.2) is 9.59 Å². The predicted octanol–water partition coefficient (Wildman–Crippen LogP) is 2.30. The van der Waals surface area contributed by atoms with Gasteiger partial charge in [0.15, 0.2) is 0 Å². The Morgan fingerprint density at radius 2 is 1.88 bits per heavy atom. The number of esters is 1. The molecule has 0 radical (unpaired) electrons. The molecule has 1 amide bonds. The second-order valence-electron chi connectivity index (χ2n) is 6.63. The van der Waals surface area contributed by atoms with Crippen molar-refractivity contribution in [3.05, 3.63) is 41.6 Å². The number of hydrogen-bond donors (Lipinski definition) is 2. The minimum atomic E-state index is -0.845. The third-order valence-corrected chi connectivity index (χ3v) is 3.35. The van der Waals surface area contributed by atoms with Crippen molar-refractivity contribution in [2.45, 2.75) is 38.8 Å². The van der Waals surface area contributed by atoms with Gasteiger partial charge in [0.1, 0.15) is 11.6 Å². The molecule has 0 aliphatic carbocycles. The van der Waals surface area contributed by atoms with Crippen LogP contribution < -0.4 is 11.1 Å². The molecule has 7 nitrogen and oxygen atoms in total. The molecule has 0 heterocycles. The van der Waals surface area contributed by atoms with Gasteiger partial charge in [-0.1, -0.05) is 24.3 Å². The number of benzene rings is 1. The summed E-state index contributed by atoms with van der Waals surface area (Å²) >= 11 is 0. The van der Waals surface area contributed by atoms with Gasteiger partial charge in [-0.3, -0.25) is 4.99 Å². The van der Waals surface area contributed by atoms with Crippen LogP contribution in [0.4, 0.5) is 4.79 Å². The lowest BCUT2D eigenvalue weighted by atomic mass is 10.0. The molecule has 0 unspecified atom stereocenters. The summed E-state index contributed by atoms with van der Waals surface area (Å²) in [7, 11) is 2.94. The Morgan fingerprint density at radius 3 is 2.35 bits per heavy atom. The van der Waals surface area contributed by atoms with E-state index in [-0.39, 0.29) is 6.42 Å². The molecule has 0 aromatic heterocycles. The van der Waals surface area contributed by atoms with Crippen molar-refractivity contribution in [3.63, 3.8) is 0 Å². The average Bonchev–Trinajstić information content (AvgIpc) is 2.57. The minimum absolute atomic E-state index is 0.274. The lowest BCUT2D eigenvalue weighted by Gasteiger charge is -2.22. The van der Waals surface area contributed by atoms with Gasteiger partial charge in [0, 0.05) is 31.5 Å². The van der Waals surface area contributed by atoms with Crippen LogP contribution in [0.3, 0.4) is 0 Å². The summed E-state index contributed by atoms with van der Waals surface area (Å²) in [6.45, 7) is 5.25. The van der Waals surface area contributed by atoms with Crippen LogP contribution in [0.15, 0.2) is 35.5 Å². The van der Waals surface area contributed by atoms with Gasteiger partial charge in [-0.2, -0.15) is 0 Å². The van der Waals surface area contributed by atoms with E-state index >= 15 is 0 Å². The van der Waals surface area contributed by atoms with E-state index in [2.05, 4.69) is 10.3 Å². The number of methoxy groups -OCH3 is 1. The fraction of sp³-hybridized carbons (Fsp3) is 0.421. The first kappa shape index (κ1) is 21.2. The molecule has 1 rings (SSSR count). The summed E-state index contributed by atoms with van der Waals surface area (Å²) in [4.78, 5) is 27.9. The SMILES string of the molecule is CN=CC(=CN)c1ccc(C[C@H](NC(=O)OC(C)(C)C)C(=O)OC)cc1. The Bertz CT molecular complexity index is 673. The van der Waals surface area contributed by atoms with Gasteiger partial charge >= 0.3 is 12.1 Å². The highest BCUT2D eigenvalue weighted by molar-refractivity contribution is 6.09. The zero-order valence-electron chi connectivity index (χ0n) is 15.9. The van der Waals surface area contributed by atoms with Crippen molar-refractivity contribution in [2.75, 3.05) is 14.2 Å². The number of alkyl carbamates (subject to hydrolysis) is 1. The highest BCUT2D eigenvalue weighted by atomic mass is 16.6. The molecule has 1 atom stereocenters. The van der Waals surface area contributed by atoms with Crippen LogP contribution in [0.5, 0.6) is 0 Å². The molecule has 0 saturated heterocycles. The molecule has 7 heteroatoms. The molecule has 142 valence electrons. The van der Waals surface area contributed by atoms with Crippen LogP contribution in [0.2, 0.25) is 0 Å². The molecule has 0 spiro atoms. The van der Waals surface area contributed by atoms with Gasteiger partial charge in [0.05, 0.1) is 7.11 Å². The first-order valence-electron chi connectivity index (χ1n) is 8.21. The second-order valence-corrected chi connectivity index (χ2v) is 6.63. The summed E-state index contributed by atoms with van der Waals surface area (Å²) < 4.78 is 9.97. The van der Waals surface area contributed by atoms with Gasteiger partial charge < -0.3 is 20.5 Å². The highest BCUT2D eigenvalue weighted by Crippen LogP contribution is 2.15. The lowest BCUT2D eigenvalue weighted by molar-refractivity contribution is -0.143. The van der Waals surface area contributed by atoms with Gasteiger partial charge in [0.25, 0.3) is 0 Å². The summed E-state index contributed by atoms with van der Waals surface area (Å²) in [5.41, 5.74) is 7.48. The number of nitrogens with two attached hydrogens (primary N) is 1. The maximum Gasteiger partial charge on any atom is 0.408 e. The molecule has 3 N–H and O–H groups in total. The zero-order valence-corrected chi connectivity index (χ0v) is 15.9. The number of hydrogen-bond acceptors (Lipinski definition) is 6.